The van der Waals surface area contributed by atoms with Crippen molar-refractivity contribution in [3.63, 3.8) is 0 Å². The molecule has 1 aromatic carbocycles. The highest BCUT2D eigenvalue weighted by atomic mass is 35.5. The van der Waals surface area contributed by atoms with Gasteiger partial charge in [0.25, 0.3) is 5.91 Å². The summed E-state index contributed by atoms with van der Waals surface area (Å²) in [5, 5.41) is 6.96. The van der Waals surface area contributed by atoms with Crippen molar-refractivity contribution in [1.82, 2.24) is 30.2 Å². The largest absolute Gasteiger partial charge is 0.418 e. The number of benzene rings is 1. The molecule has 2 unspecified atom stereocenters. The van der Waals surface area contributed by atoms with Crippen molar-refractivity contribution in [2.24, 2.45) is 0 Å². The Labute approximate surface area is 226 Å². The molecule has 0 spiro atoms. The van der Waals surface area contributed by atoms with E-state index in [0.29, 0.717) is 47.5 Å². The third kappa shape index (κ3) is 3.96. The van der Waals surface area contributed by atoms with Crippen LogP contribution in [0.3, 0.4) is 0 Å². The molecule has 3 aliphatic heterocycles. The van der Waals surface area contributed by atoms with E-state index in [1.165, 1.54) is 17.5 Å². The molecule has 3 aliphatic rings. The Bertz CT molecular complexity index is 1740. The summed E-state index contributed by atoms with van der Waals surface area (Å²) in [5.74, 6) is 0.562. The lowest BCUT2D eigenvalue weighted by Crippen LogP contribution is -2.40. The molecule has 0 aliphatic carbocycles. The lowest BCUT2D eigenvalue weighted by molar-refractivity contribution is 0.0949. The molecule has 14 heteroatoms. The van der Waals surface area contributed by atoms with Gasteiger partial charge in [0.2, 0.25) is 17.0 Å². The van der Waals surface area contributed by atoms with Crippen LogP contribution >= 0.6 is 22.9 Å². The number of anilines is 1. The molecule has 2 N–H and O–H groups in total. The number of rotatable bonds is 4. The normalized spacial score (nSPS) is 24.3. The molecule has 0 saturated carbocycles. The number of amides is 1. The van der Waals surface area contributed by atoms with Gasteiger partial charge in [-0.2, -0.15) is 4.98 Å². The number of hydrogen-bond acceptors (Lipinski definition) is 11. The van der Waals surface area contributed by atoms with E-state index < -0.39 is 9.84 Å². The Morgan fingerprint density at radius 3 is 2.89 bits per heavy atom. The SMILES string of the molecule is C[C@@H]1CNc2c(sc3ccc4nc(Oc5nc(Cl)ncc5CN5CC6CC5CS6(=O)=O)cnc4c23)C(=O)N1. The maximum atomic E-state index is 12.7. The van der Waals surface area contributed by atoms with E-state index in [2.05, 4.69) is 35.5 Å². The van der Waals surface area contributed by atoms with Crippen LogP contribution in [-0.4, -0.2) is 75.3 Å². The average molecular weight is 572 g/mol. The van der Waals surface area contributed by atoms with Gasteiger partial charge in [-0.3, -0.25) is 9.69 Å². The van der Waals surface area contributed by atoms with E-state index in [1.54, 1.807) is 6.20 Å². The molecular formula is C24H22ClN7O4S2. The Morgan fingerprint density at radius 2 is 2.11 bits per heavy atom. The first-order valence-electron chi connectivity index (χ1n) is 12.2. The minimum atomic E-state index is -2.99. The lowest BCUT2D eigenvalue weighted by atomic mass is 10.1. The van der Waals surface area contributed by atoms with Crippen LogP contribution < -0.4 is 15.4 Å². The van der Waals surface area contributed by atoms with E-state index in [9.17, 15) is 13.2 Å². The average Bonchev–Trinajstić information content (AvgIpc) is 3.51. The van der Waals surface area contributed by atoms with Crippen LogP contribution in [0.15, 0.2) is 24.5 Å². The van der Waals surface area contributed by atoms with Crippen LogP contribution in [0.25, 0.3) is 21.1 Å². The summed E-state index contributed by atoms with van der Waals surface area (Å²) in [6.07, 6.45) is 3.77. The molecule has 1 amide bonds. The zero-order valence-electron chi connectivity index (χ0n) is 20.1. The number of ether oxygens (including phenoxy) is 1. The number of thiophene rings is 1. The fraction of sp³-hybridized carbons (Fsp3) is 0.375. The molecule has 11 nitrogen and oxygen atoms in total. The summed E-state index contributed by atoms with van der Waals surface area (Å²) in [7, 11) is -2.99. The predicted molar refractivity (Wildman–Crippen MR) is 144 cm³/mol. The summed E-state index contributed by atoms with van der Waals surface area (Å²) in [4.78, 5) is 33.1. The summed E-state index contributed by atoms with van der Waals surface area (Å²) in [6.45, 7) is 3.49. The van der Waals surface area contributed by atoms with Gasteiger partial charge in [-0.25, -0.2) is 23.4 Å². The highest BCUT2D eigenvalue weighted by Gasteiger charge is 2.48. The Kier molecular flexibility index (Phi) is 5.48. The highest BCUT2D eigenvalue weighted by Crippen LogP contribution is 2.41. The number of nitrogens with one attached hydrogen (secondary N) is 2. The number of carbonyl (C=O) groups excluding carboxylic acids is 1. The summed E-state index contributed by atoms with van der Waals surface area (Å²) in [6, 6.07) is 3.77. The smallest absolute Gasteiger partial charge is 0.263 e. The third-order valence-corrected chi connectivity index (χ3v) is 10.8. The molecular weight excluding hydrogens is 550 g/mol. The molecule has 3 aromatic heterocycles. The van der Waals surface area contributed by atoms with Gasteiger partial charge < -0.3 is 15.4 Å². The zero-order chi connectivity index (χ0) is 26.2. The van der Waals surface area contributed by atoms with Crippen LogP contribution in [0.2, 0.25) is 5.28 Å². The fourth-order valence-electron chi connectivity index (χ4n) is 5.48. The number of halogens is 1. The molecule has 2 bridgehead atoms. The topological polar surface area (TPSA) is 139 Å². The second-order valence-electron chi connectivity index (χ2n) is 9.92. The number of aromatic nitrogens is 4. The second-order valence-corrected chi connectivity index (χ2v) is 13.6. The van der Waals surface area contributed by atoms with Gasteiger partial charge in [0.1, 0.15) is 4.88 Å². The Balaban J connectivity index is 1.21. The van der Waals surface area contributed by atoms with Crippen LogP contribution in [0.5, 0.6) is 11.8 Å². The van der Waals surface area contributed by atoms with E-state index >= 15 is 0 Å². The van der Waals surface area contributed by atoms with Gasteiger partial charge in [0, 0.05) is 53.6 Å². The van der Waals surface area contributed by atoms with Crippen LogP contribution in [0.1, 0.15) is 28.6 Å². The van der Waals surface area contributed by atoms with Crippen LogP contribution in [0.4, 0.5) is 5.69 Å². The monoisotopic (exact) mass is 571 g/mol. The summed E-state index contributed by atoms with van der Waals surface area (Å²) < 4.78 is 31.3. The van der Waals surface area contributed by atoms with E-state index in [1.807, 2.05) is 19.1 Å². The van der Waals surface area contributed by atoms with Crippen molar-refractivity contribution >= 4 is 65.5 Å². The number of nitrogens with zero attached hydrogens (tertiary/aromatic N) is 5. The van der Waals surface area contributed by atoms with Crippen molar-refractivity contribution in [2.45, 2.75) is 37.2 Å². The van der Waals surface area contributed by atoms with Crippen LogP contribution in [-0.2, 0) is 16.4 Å². The maximum Gasteiger partial charge on any atom is 0.263 e. The van der Waals surface area contributed by atoms with Gasteiger partial charge in [-0.15, -0.1) is 11.3 Å². The summed E-state index contributed by atoms with van der Waals surface area (Å²) >= 11 is 7.50. The van der Waals surface area contributed by atoms with Crippen molar-refractivity contribution in [3.05, 3.63) is 40.3 Å². The predicted octanol–water partition coefficient (Wildman–Crippen LogP) is 3.00. The molecule has 38 heavy (non-hydrogen) atoms. The fourth-order valence-corrected chi connectivity index (χ4v) is 8.78. The van der Waals surface area contributed by atoms with Gasteiger partial charge in [-0.05, 0) is 37.1 Å². The van der Waals surface area contributed by atoms with Crippen molar-refractivity contribution in [3.8, 4) is 11.8 Å². The Hall–Kier alpha value is -3.13. The van der Waals surface area contributed by atoms with Gasteiger partial charge >= 0.3 is 0 Å². The molecule has 0 radical (unpaired) electrons. The van der Waals surface area contributed by atoms with Gasteiger partial charge in [0.05, 0.1) is 33.9 Å². The first-order valence-corrected chi connectivity index (χ1v) is 15.1. The van der Waals surface area contributed by atoms with Crippen molar-refractivity contribution < 1.29 is 17.9 Å². The number of sulfone groups is 1. The third-order valence-electron chi connectivity index (χ3n) is 7.30. The summed E-state index contributed by atoms with van der Waals surface area (Å²) in [5.41, 5.74) is 2.73. The second kappa shape index (κ2) is 8.70. The first-order chi connectivity index (χ1) is 18.2. The van der Waals surface area contributed by atoms with Gasteiger partial charge in [-0.1, -0.05) is 0 Å². The molecule has 196 valence electrons. The number of carbonyl (C=O) groups is 1. The molecule has 2 saturated heterocycles. The minimum absolute atomic E-state index is 0.00670. The van der Waals surface area contributed by atoms with E-state index in [-0.39, 0.29) is 46.0 Å². The minimum Gasteiger partial charge on any atom is -0.418 e. The number of fused-ring (bicyclic) bond motifs is 7. The number of likely N-dealkylation sites (tertiary alicyclic amines) is 1. The van der Waals surface area contributed by atoms with Crippen LogP contribution in [0, 0.1) is 0 Å². The highest BCUT2D eigenvalue weighted by molar-refractivity contribution is 7.92. The van der Waals surface area contributed by atoms with E-state index in [0.717, 1.165) is 15.8 Å². The quantitative estimate of drug-likeness (QED) is 0.351. The lowest BCUT2D eigenvalue weighted by Gasteiger charge is -2.26. The molecule has 4 aromatic rings. The standard InChI is InChI=1S/C24H22ClN7O4S2/c1-11-5-26-20-18-16(37-21(20)22(33)29-11)3-2-15-19(18)27-7-17(30-15)36-23-12(6-28-24(25)31-23)8-32-9-14-4-13(32)10-38(14,34)35/h2-3,6-7,11,13-14,26H,4-5,8-10H2,1H3,(H,29,33)/t11-,13?,14?/m1/s1. The molecule has 2 fully saturated rings. The molecule has 6 heterocycles. The van der Waals surface area contributed by atoms with Crippen molar-refractivity contribution in [1.29, 1.82) is 0 Å². The first kappa shape index (κ1) is 23.9. The molecule has 3 atom stereocenters. The van der Waals surface area contributed by atoms with E-state index in [4.69, 9.17) is 16.3 Å². The molecule has 7 rings (SSSR count). The number of hydrogen-bond donors (Lipinski definition) is 2. The Morgan fingerprint density at radius 1 is 1.24 bits per heavy atom. The van der Waals surface area contributed by atoms with Crippen molar-refractivity contribution in [2.75, 3.05) is 24.2 Å². The van der Waals surface area contributed by atoms with Gasteiger partial charge in [0.15, 0.2) is 9.84 Å². The zero-order valence-corrected chi connectivity index (χ0v) is 22.5. The maximum absolute atomic E-state index is 12.7.